The van der Waals surface area contributed by atoms with E-state index in [-0.39, 0.29) is 18.0 Å². The number of hydrogen-bond donors (Lipinski definition) is 0. The van der Waals surface area contributed by atoms with Crippen LogP contribution in [0.1, 0.15) is 24.6 Å². The van der Waals surface area contributed by atoms with Gasteiger partial charge in [0.25, 0.3) is 6.43 Å². The van der Waals surface area contributed by atoms with Gasteiger partial charge in [0.2, 0.25) is 5.91 Å². The Morgan fingerprint density at radius 3 is 2.80 bits per heavy atom. The van der Waals surface area contributed by atoms with Gasteiger partial charge in [-0.2, -0.15) is 0 Å². The van der Waals surface area contributed by atoms with Crippen molar-refractivity contribution < 1.29 is 13.6 Å². The molecule has 0 aliphatic heterocycles. The molecule has 1 rings (SSSR count). The highest BCUT2D eigenvalue weighted by atomic mass is 19.3. The van der Waals surface area contributed by atoms with Gasteiger partial charge < -0.3 is 4.90 Å². The summed E-state index contributed by atoms with van der Waals surface area (Å²) < 4.78 is 24.7. The largest absolute Gasteiger partial charge is 0.340 e. The molecular formula is C10H12F2N2O. The summed E-state index contributed by atoms with van der Waals surface area (Å²) in [6, 6.07) is 2.58. The van der Waals surface area contributed by atoms with Gasteiger partial charge in [0.1, 0.15) is 0 Å². The van der Waals surface area contributed by atoms with Crippen LogP contribution in [0.3, 0.4) is 0 Å². The summed E-state index contributed by atoms with van der Waals surface area (Å²) in [6.45, 7) is 1.66. The van der Waals surface area contributed by atoms with Crippen LogP contribution in [0.25, 0.3) is 0 Å². The predicted molar refractivity (Wildman–Crippen MR) is 51.3 cm³/mol. The minimum Gasteiger partial charge on any atom is -0.340 e. The summed E-state index contributed by atoms with van der Waals surface area (Å²) in [5, 5.41) is 0. The molecule has 0 aliphatic carbocycles. The Bertz CT molecular complexity index is 355. The van der Waals surface area contributed by atoms with E-state index in [2.05, 4.69) is 4.98 Å². The van der Waals surface area contributed by atoms with Gasteiger partial charge >= 0.3 is 0 Å². The van der Waals surface area contributed by atoms with Gasteiger partial charge in [0, 0.05) is 25.7 Å². The summed E-state index contributed by atoms with van der Waals surface area (Å²) in [6.07, 6.45) is -1.18. The average Bonchev–Trinajstić information content (AvgIpc) is 2.18. The van der Waals surface area contributed by atoms with Crippen LogP contribution in [-0.4, -0.2) is 22.8 Å². The molecule has 0 atom stereocenters. The van der Waals surface area contributed by atoms with Gasteiger partial charge in [-0.25, -0.2) is 8.78 Å². The first kappa shape index (κ1) is 11.6. The Morgan fingerprint density at radius 1 is 1.60 bits per heavy atom. The van der Waals surface area contributed by atoms with Crippen molar-refractivity contribution in [1.29, 1.82) is 0 Å². The summed E-state index contributed by atoms with van der Waals surface area (Å²) in [7, 11) is 1.60. The van der Waals surface area contributed by atoms with Crippen molar-refractivity contribution >= 4 is 5.91 Å². The predicted octanol–water partition coefficient (Wildman–Crippen LogP) is 2.00. The lowest BCUT2D eigenvalue weighted by atomic mass is 10.2. The van der Waals surface area contributed by atoms with E-state index in [4.69, 9.17) is 0 Å². The van der Waals surface area contributed by atoms with Crippen molar-refractivity contribution in [1.82, 2.24) is 9.88 Å². The number of alkyl halides is 2. The van der Waals surface area contributed by atoms with Crippen LogP contribution in [0.15, 0.2) is 18.3 Å². The SMILES string of the molecule is CC(=O)N(C)Cc1cc(C(F)F)ccn1. The van der Waals surface area contributed by atoms with Crippen LogP contribution < -0.4 is 0 Å². The van der Waals surface area contributed by atoms with Gasteiger partial charge in [-0.05, 0) is 12.1 Å². The third-order valence-electron chi connectivity index (χ3n) is 2.03. The topological polar surface area (TPSA) is 33.2 Å². The third kappa shape index (κ3) is 3.27. The zero-order valence-electron chi connectivity index (χ0n) is 8.58. The molecule has 0 spiro atoms. The van der Waals surface area contributed by atoms with E-state index in [1.807, 2.05) is 0 Å². The van der Waals surface area contributed by atoms with Crippen LogP contribution in [-0.2, 0) is 11.3 Å². The summed E-state index contributed by atoms with van der Waals surface area (Å²) in [5.74, 6) is -0.126. The molecule has 0 bridgehead atoms. The average molecular weight is 214 g/mol. The Balaban J connectivity index is 2.78. The van der Waals surface area contributed by atoms with E-state index in [1.165, 1.54) is 30.2 Å². The highest BCUT2D eigenvalue weighted by molar-refractivity contribution is 5.72. The van der Waals surface area contributed by atoms with Crippen LogP contribution >= 0.6 is 0 Å². The normalized spacial score (nSPS) is 10.5. The van der Waals surface area contributed by atoms with Crippen molar-refractivity contribution in [2.24, 2.45) is 0 Å². The van der Waals surface area contributed by atoms with E-state index in [9.17, 15) is 13.6 Å². The number of rotatable bonds is 3. The maximum atomic E-state index is 12.3. The van der Waals surface area contributed by atoms with Gasteiger partial charge in [0.15, 0.2) is 0 Å². The molecule has 1 aromatic heterocycles. The number of carbonyl (C=O) groups excluding carboxylic acids is 1. The molecule has 1 aromatic rings. The Kier molecular flexibility index (Phi) is 3.71. The maximum absolute atomic E-state index is 12.3. The third-order valence-corrected chi connectivity index (χ3v) is 2.03. The van der Waals surface area contributed by atoms with E-state index in [0.717, 1.165) is 0 Å². The molecule has 82 valence electrons. The Labute approximate surface area is 86.7 Å². The molecule has 1 amide bonds. The Hall–Kier alpha value is -1.52. The standard InChI is InChI=1S/C10H12F2N2O/c1-7(15)14(2)6-9-5-8(10(11)12)3-4-13-9/h3-5,10H,6H2,1-2H3. The number of halogens is 2. The number of carbonyl (C=O) groups is 1. The molecule has 3 nitrogen and oxygen atoms in total. The van der Waals surface area contributed by atoms with Crippen LogP contribution in [0.5, 0.6) is 0 Å². The lowest BCUT2D eigenvalue weighted by Crippen LogP contribution is -2.23. The highest BCUT2D eigenvalue weighted by Gasteiger charge is 2.09. The molecule has 0 saturated heterocycles. The smallest absolute Gasteiger partial charge is 0.263 e. The van der Waals surface area contributed by atoms with Gasteiger partial charge in [-0.1, -0.05) is 0 Å². The van der Waals surface area contributed by atoms with Crippen molar-refractivity contribution in [3.63, 3.8) is 0 Å². The van der Waals surface area contributed by atoms with E-state index in [1.54, 1.807) is 7.05 Å². The van der Waals surface area contributed by atoms with E-state index in [0.29, 0.717) is 5.69 Å². The number of aromatic nitrogens is 1. The lowest BCUT2D eigenvalue weighted by molar-refractivity contribution is -0.128. The number of pyridine rings is 1. The van der Waals surface area contributed by atoms with Crippen LogP contribution in [0.4, 0.5) is 8.78 Å². The number of hydrogen-bond acceptors (Lipinski definition) is 2. The quantitative estimate of drug-likeness (QED) is 0.771. The molecule has 1 heterocycles. The number of nitrogens with zero attached hydrogens (tertiary/aromatic N) is 2. The molecule has 0 aliphatic rings. The highest BCUT2D eigenvalue weighted by Crippen LogP contribution is 2.18. The molecule has 0 radical (unpaired) electrons. The maximum Gasteiger partial charge on any atom is 0.263 e. The molecule has 0 N–H and O–H groups in total. The molecule has 0 fully saturated rings. The fourth-order valence-electron chi connectivity index (χ4n) is 1.07. The Morgan fingerprint density at radius 2 is 2.27 bits per heavy atom. The second-order valence-electron chi connectivity index (χ2n) is 3.26. The van der Waals surface area contributed by atoms with Crippen molar-refractivity contribution in [3.8, 4) is 0 Å². The molecule has 5 heteroatoms. The fraction of sp³-hybridized carbons (Fsp3) is 0.400. The zero-order chi connectivity index (χ0) is 11.4. The minimum absolute atomic E-state index is 0.0723. The molecular weight excluding hydrogens is 202 g/mol. The van der Waals surface area contributed by atoms with Crippen molar-refractivity contribution in [2.75, 3.05) is 7.05 Å². The van der Waals surface area contributed by atoms with Crippen molar-refractivity contribution in [2.45, 2.75) is 19.9 Å². The zero-order valence-corrected chi connectivity index (χ0v) is 8.58. The second-order valence-corrected chi connectivity index (χ2v) is 3.26. The first-order valence-electron chi connectivity index (χ1n) is 4.45. The van der Waals surface area contributed by atoms with Crippen LogP contribution in [0, 0.1) is 0 Å². The molecule has 0 saturated carbocycles. The van der Waals surface area contributed by atoms with Gasteiger partial charge in [-0.15, -0.1) is 0 Å². The monoisotopic (exact) mass is 214 g/mol. The van der Waals surface area contributed by atoms with E-state index < -0.39 is 6.43 Å². The summed E-state index contributed by atoms with van der Waals surface area (Å²) in [5.41, 5.74) is 0.391. The van der Waals surface area contributed by atoms with Gasteiger partial charge in [0.05, 0.1) is 12.2 Å². The molecule has 15 heavy (non-hydrogen) atoms. The first-order chi connectivity index (χ1) is 7.00. The number of amides is 1. The van der Waals surface area contributed by atoms with Crippen molar-refractivity contribution in [3.05, 3.63) is 29.6 Å². The minimum atomic E-state index is -2.51. The lowest BCUT2D eigenvalue weighted by Gasteiger charge is -2.14. The fourth-order valence-corrected chi connectivity index (χ4v) is 1.07. The summed E-state index contributed by atoms with van der Waals surface area (Å²) in [4.78, 5) is 16.2. The first-order valence-corrected chi connectivity index (χ1v) is 4.45. The molecule has 0 unspecified atom stereocenters. The second kappa shape index (κ2) is 4.82. The van der Waals surface area contributed by atoms with E-state index >= 15 is 0 Å². The van der Waals surface area contributed by atoms with Crippen LogP contribution in [0.2, 0.25) is 0 Å². The van der Waals surface area contributed by atoms with Gasteiger partial charge in [-0.3, -0.25) is 9.78 Å². The molecule has 0 aromatic carbocycles. The summed E-state index contributed by atoms with van der Waals surface area (Å²) >= 11 is 0.